The summed E-state index contributed by atoms with van der Waals surface area (Å²) < 4.78 is 0. The molecule has 0 saturated heterocycles. The van der Waals surface area contributed by atoms with Gasteiger partial charge in [0.1, 0.15) is 0 Å². The molecule has 0 N–H and O–H groups in total. The van der Waals surface area contributed by atoms with Crippen LogP contribution < -0.4 is 0 Å². The van der Waals surface area contributed by atoms with Gasteiger partial charge in [-0.1, -0.05) is 65.7 Å². The molecule has 0 spiro atoms. The van der Waals surface area contributed by atoms with Crippen LogP contribution in [0.15, 0.2) is 0 Å². The molecule has 0 rings (SSSR count). The van der Waals surface area contributed by atoms with Gasteiger partial charge in [0.05, 0.1) is 0 Å². The molecule has 0 heterocycles. The van der Waals surface area contributed by atoms with Crippen LogP contribution in [0.5, 0.6) is 0 Å². The van der Waals surface area contributed by atoms with Gasteiger partial charge in [-0.15, -0.1) is 11.6 Å². The first kappa shape index (κ1) is 15.3. The molecule has 0 aliphatic carbocycles. The van der Waals surface area contributed by atoms with Gasteiger partial charge in [-0.25, -0.2) is 0 Å². The monoisotopic (exact) mass is 232 g/mol. The van der Waals surface area contributed by atoms with Gasteiger partial charge < -0.3 is 0 Å². The molecule has 0 bridgehead atoms. The summed E-state index contributed by atoms with van der Waals surface area (Å²) in [6.45, 7) is 6.77. The highest BCUT2D eigenvalue weighted by atomic mass is 35.5. The maximum atomic E-state index is 6.24. The summed E-state index contributed by atoms with van der Waals surface area (Å²) in [7, 11) is 0. The molecule has 0 fully saturated rings. The van der Waals surface area contributed by atoms with E-state index in [1.54, 1.807) is 0 Å². The van der Waals surface area contributed by atoms with Crippen LogP contribution in [0.2, 0.25) is 0 Å². The third kappa shape index (κ3) is 12.2. The number of rotatable bonds is 10. The average molecular weight is 233 g/mol. The van der Waals surface area contributed by atoms with E-state index in [9.17, 15) is 0 Å². The van der Waals surface area contributed by atoms with Crippen LogP contribution in [-0.4, -0.2) is 5.38 Å². The van der Waals surface area contributed by atoms with Gasteiger partial charge in [-0.05, 0) is 18.8 Å². The van der Waals surface area contributed by atoms with Crippen molar-refractivity contribution in [3.63, 3.8) is 0 Å². The number of unbranched alkanes of at least 4 members (excludes halogenated alkanes) is 6. The topological polar surface area (TPSA) is 0 Å². The van der Waals surface area contributed by atoms with Crippen LogP contribution in [0.25, 0.3) is 0 Å². The fraction of sp³-hybridized carbons (Fsp3) is 1.00. The summed E-state index contributed by atoms with van der Waals surface area (Å²) in [6, 6.07) is 0. The Balaban J connectivity index is 3.09. The fourth-order valence-electron chi connectivity index (χ4n) is 1.95. The standard InChI is InChI=1S/C14H29Cl/c1-4-5-6-7-8-9-10-11-14(15)12-13(2)3/h13-14H,4-12H2,1-3H3. The minimum absolute atomic E-state index is 0.417. The zero-order chi connectivity index (χ0) is 11.5. The molecule has 0 nitrogen and oxygen atoms in total. The van der Waals surface area contributed by atoms with Gasteiger partial charge in [0, 0.05) is 5.38 Å². The molecular formula is C14H29Cl. The first-order chi connectivity index (χ1) is 7.16. The SMILES string of the molecule is CCCCCCCCCC(Cl)CC(C)C. The Morgan fingerprint density at radius 2 is 1.40 bits per heavy atom. The molecule has 1 heteroatoms. The van der Waals surface area contributed by atoms with Crippen molar-refractivity contribution in [3.05, 3.63) is 0 Å². The first-order valence-electron chi connectivity index (χ1n) is 6.80. The second kappa shape index (κ2) is 10.8. The quantitative estimate of drug-likeness (QED) is 0.331. The van der Waals surface area contributed by atoms with E-state index in [4.69, 9.17) is 11.6 Å². The van der Waals surface area contributed by atoms with E-state index in [0.717, 1.165) is 5.92 Å². The lowest BCUT2D eigenvalue weighted by Gasteiger charge is -2.11. The van der Waals surface area contributed by atoms with Crippen molar-refractivity contribution in [2.75, 3.05) is 0 Å². The third-order valence-electron chi connectivity index (χ3n) is 2.85. The minimum Gasteiger partial charge on any atom is -0.123 e. The molecule has 0 aromatic rings. The normalized spacial score (nSPS) is 13.4. The van der Waals surface area contributed by atoms with Crippen molar-refractivity contribution >= 4 is 11.6 Å². The van der Waals surface area contributed by atoms with Gasteiger partial charge in [0.15, 0.2) is 0 Å². The maximum absolute atomic E-state index is 6.24. The number of alkyl halides is 1. The summed E-state index contributed by atoms with van der Waals surface area (Å²) in [5.74, 6) is 0.747. The van der Waals surface area contributed by atoms with Crippen molar-refractivity contribution in [2.24, 2.45) is 5.92 Å². The molecule has 92 valence electrons. The minimum atomic E-state index is 0.417. The molecule has 0 aliphatic heterocycles. The predicted molar refractivity (Wildman–Crippen MR) is 71.7 cm³/mol. The first-order valence-corrected chi connectivity index (χ1v) is 7.24. The number of hydrogen-bond acceptors (Lipinski definition) is 0. The molecule has 0 aliphatic rings. The zero-order valence-electron chi connectivity index (χ0n) is 10.9. The Hall–Kier alpha value is 0.290. The lowest BCUT2D eigenvalue weighted by molar-refractivity contribution is 0.512. The largest absolute Gasteiger partial charge is 0.123 e. The number of halogens is 1. The van der Waals surface area contributed by atoms with Crippen molar-refractivity contribution in [3.8, 4) is 0 Å². The lowest BCUT2D eigenvalue weighted by atomic mass is 10.0. The Bertz CT molecular complexity index is 121. The Morgan fingerprint density at radius 3 is 1.93 bits per heavy atom. The molecule has 0 radical (unpaired) electrons. The highest BCUT2D eigenvalue weighted by Crippen LogP contribution is 2.18. The summed E-state index contributed by atoms with van der Waals surface area (Å²) in [5, 5.41) is 0.417. The van der Waals surface area contributed by atoms with E-state index in [2.05, 4.69) is 20.8 Å². The van der Waals surface area contributed by atoms with Gasteiger partial charge in [-0.3, -0.25) is 0 Å². The Kier molecular flexibility index (Phi) is 11.0. The predicted octanol–water partition coefficient (Wildman–Crippen LogP) is 5.78. The molecule has 15 heavy (non-hydrogen) atoms. The summed E-state index contributed by atoms with van der Waals surface area (Å²) in [5.41, 5.74) is 0. The molecule has 1 atom stereocenters. The highest BCUT2D eigenvalue weighted by Gasteiger charge is 2.06. The van der Waals surface area contributed by atoms with Gasteiger partial charge in [-0.2, -0.15) is 0 Å². The summed E-state index contributed by atoms with van der Waals surface area (Å²) in [6.07, 6.45) is 12.1. The third-order valence-corrected chi connectivity index (χ3v) is 3.24. The van der Waals surface area contributed by atoms with Crippen LogP contribution in [0.1, 0.15) is 78.6 Å². The van der Waals surface area contributed by atoms with E-state index in [1.165, 1.54) is 57.8 Å². The van der Waals surface area contributed by atoms with Crippen LogP contribution in [0.4, 0.5) is 0 Å². The van der Waals surface area contributed by atoms with E-state index in [-0.39, 0.29) is 0 Å². The van der Waals surface area contributed by atoms with Crippen LogP contribution in [-0.2, 0) is 0 Å². The maximum Gasteiger partial charge on any atom is 0.0338 e. The summed E-state index contributed by atoms with van der Waals surface area (Å²) >= 11 is 6.24. The molecule has 0 saturated carbocycles. The lowest BCUT2D eigenvalue weighted by Crippen LogP contribution is -2.03. The van der Waals surface area contributed by atoms with Crippen molar-refractivity contribution in [1.29, 1.82) is 0 Å². The number of hydrogen-bond donors (Lipinski definition) is 0. The van der Waals surface area contributed by atoms with Crippen molar-refractivity contribution in [1.82, 2.24) is 0 Å². The van der Waals surface area contributed by atoms with Crippen LogP contribution in [0, 0.1) is 5.92 Å². The molecule has 0 amide bonds. The fourth-order valence-corrected chi connectivity index (χ4v) is 2.46. The molecule has 0 aromatic carbocycles. The Morgan fingerprint density at radius 1 is 0.867 bits per heavy atom. The smallest absolute Gasteiger partial charge is 0.0338 e. The molecule has 0 aromatic heterocycles. The van der Waals surface area contributed by atoms with Crippen LogP contribution in [0.3, 0.4) is 0 Å². The van der Waals surface area contributed by atoms with E-state index >= 15 is 0 Å². The molecular weight excluding hydrogens is 204 g/mol. The zero-order valence-corrected chi connectivity index (χ0v) is 11.7. The highest BCUT2D eigenvalue weighted by molar-refractivity contribution is 6.20. The average Bonchev–Trinajstić information content (AvgIpc) is 2.15. The molecule has 1 unspecified atom stereocenters. The van der Waals surface area contributed by atoms with E-state index < -0.39 is 0 Å². The summed E-state index contributed by atoms with van der Waals surface area (Å²) in [4.78, 5) is 0. The van der Waals surface area contributed by atoms with Gasteiger partial charge in [0.2, 0.25) is 0 Å². The van der Waals surface area contributed by atoms with E-state index in [0.29, 0.717) is 5.38 Å². The van der Waals surface area contributed by atoms with Crippen LogP contribution >= 0.6 is 11.6 Å². The van der Waals surface area contributed by atoms with E-state index in [1.807, 2.05) is 0 Å². The van der Waals surface area contributed by atoms with Gasteiger partial charge in [0.25, 0.3) is 0 Å². The second-order valence-electron chi connectivity index (χ2n) is 5.14. The van der Waals surface area contributed by atoms with Crippen molar-refractivity contribution in [2.45, 2.75) is 83.9 Å². The second-order valence-corrected chi connectivity index (χ2v) is 5.75. The Labute approximate surface area is 102 Å². The van der Waals surface area contributed by atoms with Gasteiger partial charge >= 0.3 is 0 Å². The van der Waals surface area contributed by atoms with Crippen molar-refractivity contribution < 1.29 is 0 Å².